The van der Waals surface area contributed by atoms with Crippen molar-refractivity contribution in [1.82, 2.24) is 4.98 Å². The maximum atomic E-state index is 5.72. The van der Waals surface area contributed by atoms with Crippen LogP contribution in [0.5, 0.6) is 0 Å². The Morgan fingerprint density at radius 2 is 2.13 bits per heavy atom. The lowest BCUT2D eigenvalue weighted by Crippen LogP contribution is -2.32. The molecule has 0 aliphatic rings. The third kappa shape index (κ3) is 3.71. The van der Waals surface area contributed by atoms with Gasteiger partial charge < -0.3 is 4.90 Å². The molecule has 0 saturated carbocycles. The summed E-state index contributed by atoms with van der Waals surface area (Å²) in [6, 6.07) is 6.58. The van der Waals surface area contributed by atoms with Crippen LogP contribution in [0, 0.1) is 6.92 Å². The van der Waals surface area contributed by atoms with Gasteiger partial charge in [0.2, 0.25) is 0 Å². The van der Waals surface area contributed by atoms with Crippen LogP contribution in [0.3, 0.4) is 0 Å². The van der Waals surface area contributed by atoms with E-state index in [4.69, 9.17) is 11.6 Å². The number of pyridine rings is 1. The van der Waals surface area contributed by atoms with Crippen molar-refractivity contribution >= 4 is 17.4 Å². The quantitative estimate of drug-likeness (QED) is 0.717. The van der Waals surface area contributed by atoms with Crippen molar-refractivity contribution in [2.45, 2.75) is 33.2 Å². The topological polar surface area (TPSA) is 16.1 Å². The Hall–Kier alpha value is -0.760. The lowest BCUT2D eigenvalue weighted by molar-refractivity contribution is 0.662. The van der Waals surface area contributed by atoms with E-state index < -0.39 is 0 Å². The second-order valence-electron chi connectivity index (χ2n) is 3.97. The molecule has 0 aliphatic heterocycles. The van der Waals surface area contributed by atoms with E-state index in [9.17, 15) is 0 Å². The van der Waals surface area contributed by atoms with E-state index in [1.807, 2.05) is 19.1 Å². The molecule has 0 aromatic carbocycles. The van der Waals surface area contributed by atoms with Crippen LogP contribution in [0.4, 0.5) is 5.82 Å². The first-order valence-electron chi connectivity index (χ1n) is 5.41. The number of anilines is 1. The molecule has 0 amide bonds. The van der Waals surface area contributed by atoms with Crippen LogP contribution in [0.15, 0.2) is 18.2 Å². The Morgan fingerprint density at radius 1 is 1.40 bits per heavy atom. The van der Waals surface area contributed by atoms with Crippen molar-refractivity contribution in [3.8, 4) is 0 Å². The molecule has 0 N–H and O–H groups in total. The second kappa shape index (κ2) is 5.96. The lowest BCUT2D eigenvalue weighted by Gasteiger charge is -2.27. The second-order valence-corrected chi connectivity index (χ2v) is 4.34. The number of aromatic nitrogens is 1. The molecule has 0 atom stereocenters. The maximum Gasteiger partial charge on any atom is 0.129 e. The summed E-state index contributed by atoms with van der Waals surface area (Å²) in [4.78, 5) is 6.82. The molecular weight excluding hydrogens is 208 g/mol. The van der Waals surface area contributed by atoms with E-state index in [2.05, 4.69) is 29.8 Å². The number of hydrogen-bond donors (Lipinski definition) is 0. The summed E-state index contributed by atoms with van der Waals surface area (Å²) < 4.78 is 0. The summed E-state index contributed by atoms with van der Waals surface area (Å²) >= 11 is 5.72. The average molecular weight is 227 g/mol. The fourth-order valence-corrected chi connectivity index (χ4v) is 1.68. The van der Waals surface area contributed by atoms with Crippen LogP contribution in [-0.2, 0) is 0 Å². The van der Waals surface area contributed by atoms with Gasteiger partial charge in [0.25, 0.3) is 0 Å². The number of hydrogen-bond acceptors (Lipinski definition) is 2. The molecule has 84 valence electrons. The van der Waals surface area contributed by atoms with Crippen molar-refractivity contribution in [2.75, 3.05) is 17.3 Å². The third-order valence-electron chi connectivity index (χ3n) is 2.32. The molecule has 0 fully saturated rings. The average Bonchev–Trinajstić information content (AvgIpc) is 2.18. The highest BCUT2D eigenvalue weighted by atomic mass is 35.5. The standard InChI is InChI=1S/C12H19ClN2/c1-10(2)15(9-5-8-13)12-7-4-6-11(3)14-12/h4,6-7,10H,5,8-9H2,1-3H3. The highest BCUT2D eigenvalue weighted by Crippen LogP contribution is 2.14. The predicted octanol–water partition coefficient (Wildman–Crippen LogP) is 3.23. The van der Waals surface area contributed by atoms with Crippen molar-refractivity contribution in [1.29, 1.82) is 0 Å². The summed E-state index contributed by atoms with van der Waals surface area (Å²) in [5.41, 5.74) is 1.06. The van der Waals surface area contributed by atoms with E-state index in [0.717, 1.165) is 24.5 Å². The highest BCUT2D eigenvalue weighted by molar-refractivity contribution is 6.17. The van der Waals surface area contributed by atoms with E-state index in [-0.39, 0.29) is 0 Å². The van der Waals surface area contributed by atoms with Gasteiger partial charge in [-0.2, -0.15) is 0 Å². The van der Waals surface area contributed by atoms with E-state index in [1.54, 1.807) is 0 Å². The molecule has 0 spiro atoms. The predicted molar refractivity (Wildman–Crippen MR) is 66.8 cm³/mol. The first kappa shape index (κ1) is 12.3. The van der Waals surface area contributed by atoms with Crippen LogP contribution in [0.2, 0.25) is 0 Å². The van der Waals surface area contributed by atoms with Gasteiger partial charge in [-0.05, 0) is 39.3 Å². The monoisotopic (exact) mass is 226 g/mol. The molecule has 0 saturated heterocycles. The number of rotatable bonds is 5. The number of aryl methyl sites for hydroxylation is 1. The number of halogens is 1. The zero-order valence-corrected chi connectivity index (χ0v) is 10.5. The maximum absolute atomic E-state index is 5.72. The smallest absolute Gasteiger partial charge is 0.129 e. The van der Waals surface area contributed by atoms with Crippen molar-refractivity contribution in [3.05, 3.63) is 23.9 Å². The molecule has 1 aromatic rings. The Bertz CT molecular complexity index is 299. The molecule has 2 nitrogen and oxygen atoms in total. The van der Waals surface area contributed by atoms with Crippen LogP contribution in [-0.4, -0.2) is 23.5 Å². The summed E-state index contributed by atoms with van der Waals surface area (Å²) in [5.74, 6) is 1.75. The molecule has 15 heavy (non-hydrogen) atoms. The van der Waals surface area contributed by atoms with E-state index in [0.29, 0.717) is 11.9 Å². The Balaban J connectivity index is 2.79. The van der Waals surface area contributed by atoms with E-state index >= 15 is 0 Å². The summed E-state index contributed by atoms with van der Waals surface area (Å²) in [5, 5.41) is 0. The molecule has 0 bridgehead atoms. The minimum atomic E-state index is 0.461. The zero-order valence-electron chi connectivity index (χ0n) is 9.70. The molecule has 1 heterocycles. The van der Waals surface area contributed by atoms with Gasteiger partial charge in [0.1, 0.15) is 5.82 Å². The Labute approximate surface area is 97.3 Å². The van der Waals surface area contributed by atoms with E-state index in [1.165, 1.54) is 0 Å². The fourth-order valence-electron chi connectivity index (χ4n) is 1.56. The molecule has 1 aromatic heterocycles. The fraction of sp³-hybridized carbons (Fsp3) is 0.583. The summed E-state index contributed by atoms with van der Waals surface area (Å²) in [6.07, 6.45) is 0.995. The van der Waals surface area contributed by atoms with Gasteiger partial charge in [0, 0.05) is 24.2 Å². The molecular formula is C12H19ClN2. The Morgan fingerprint density at radius 3 is 2.67 bits per heavy atom. The largest absolute Gasteiger partial charge is 0.354 e. The summed E-state index contributed by atoms with van der Waals surface area (Å²) in [6.45, 7) is 7.34. The van der Waals surface area contributed by atoms with Crippen LogP contribution >= 0.6 is 11.6 Å². The highest BCUT2D eigenvalue weighted by Gasteiger charge is 2.10. The Kier molecular flexibility index (Phi) is 4.89. The van der Waals surface area contributed by atoms with Gasteiger partial charge >= 0.3 is 0 Å². The molecule has 3 heteroatoms. The molecule has 0 radical (unpaired) electrons. The molecule has 0 aliphatic carbocycles. The van der Waals surface area contributed by atoms with Gasteiger partial charge in [0.05, 0.1) is 0 Å². The van der Waals surface area contributed by atoms with Gasteiger partial charge in [-0.15, -0.1) is 11.6 Å². The first-order valence-corrected chi connectivity index (χ1v) is 5.95. The minimum absolute atomic E-state index is 0.461. The van der Waals surface area contributed by atoms with Crippen LogP contribution < -0.4 is 4.90 Å². The third-order valence-corrected chi connectivity index (χ3v) is 2.59. The molecule has 0 unspecified atom stereocenters. The zero-order chi connectivity index (χ0) is 11.3. The van der Waals surface area contributed by atoms with Crippen LogP contribution in [0.25, 0.3) is 0 Å². The summed E-state index contributed by atoms with van der Waals surface area (Å²) in [7, 11) is 0. The minimum Gasteiger partial charge on any atom is -0.354 e. The number of alkyl halides is 1. The van der Waals surface area contributed by atoms with Gasteiger partial charge in [-0.3, -0.25) is 0 Å². The molecule has 1 rings (SSSR count). The van der Waals surface area contributed by atoms with Crippen molar-refractivity contribution < 1.29 is 0 Å². The SMILES string of the molecule is Cc1cccc(N(CCCCl)C(C)C)n1. The van der Waals surface area contributed by atoms with Crippen LogP contribution in [0.1, 0.15) is 26.0 Å². The van der Waals surface area contributed by atoms with Crippen molar-refractivity contribution in [2.24, 2.45) is 0 Å². The number of nitrogens with zero attached hydrogens (tertiary/aromatic N) is 2. The first-order chi connectivity index (χ1) is 7.15. The normalized spacial score (nSPS) is 10.7. The van der Waals surface area contributed by atoms with Crippen molar-refractivity contribution in [3.63, 3.8) is 0 Å². The lowest BCUT2D eigenvalue weighted by atomic mass is 10.2. The van der Waals surface area contributed by atoms with Gasteiger partial charge in [-0.25, -0.2) is 4.98 Å². The van der Waals surface area contributed by atoms with Gasteiger partial charge in [-0.1, -0.05) is 6.07 Å². The van der Waals surface area contributed by atoms with Gasteiger partial charge in [0.15, 0.2) is 0 Å².